The van der Waals surface area contributed by atoms with Gasteiger partial charge in [0.25, 0.3) is 0 Å². The van der Waals surface area contributed by atoms with Crippen LogP contribution in [0.4, 0.5) is 19.4 Å². The Bertz CT molecular complexity index is 1900. The lowest BCUT2D eigenvalue weighted by Crippen LogP contribution is -2.56. The van der Waals surface area contributed by atoms with E-state index in [4.69, 9.17) is 20.6 Å². The Morgan fingerprint density at radius 2 is 1.89 bits per heavy atom. The number of rotatable bonds is 7. The van der Waals surface area contributed by atoms with Gasteiger partial charge in [0.1, 0.15) is 28.6 Å². The Labute approximate surface area is 263 Å². The summed E-state index contributed by atoms with van der Waals surface area (Å²) in [5.74, 6) is 0.564. The van der Waals surface area contributed by atoms with Crippen LogP contribution in [0.1, 0.15) is 45.1 Å². The standard InChI is InChI=1S/C33H31F2N5O6/c1-5-7-26(42)45-17(3)46-33(43)40-19-9-10-20(40)16-39(15-19)31-24-14-36-29(28(35)30(24)37-32(38-31)44-4)23-13-21(41)12-18-8-11-25(34)22(6-2)27(18)23/h2,8,11-14,17,19-20,41H,5,7,9-10,15-16H2,1,3-4H3. The summed E-state index contributed by atoms with van der Waals surface area (Å²) in [5, 5.41) is 11.3. The van der Waals surface area contributed by atoms with Crippen LogP contribution in [0.5, 0.6) is 11.8 Å². The third-order valence-electron chi connectivity index (χ3n) is 8.29. The number of terminal acetylenes is 1. The highest BCUT2D eigenvalue weighted by atomic mass is 19.1. The number of methoxy groups -OCH3 is 1. The van der Waals surface area contributed by atoms with Gasteiger partial charge in [-0.1, -0.05) is 18.9 Å². The van der Waals surface area contributed by atoms with E-state index in [0.717, 1.165) is 0 Å². The van der Waals surface area contributed by atoms with Gasteiger partial charge >= 0.3 is 18.1 Å². The summed E-state index contributed by atoms with van der Waals surface area (Å²) in [4.78, 5) is 41.7. The lowest BCUT2D eigenvalue weighted by atomic mass is 9.96. The van der Waals surface area contributed by atoms with Gasteiger partial charge in [-0.3, -0.25) is 14.7 Å². The molecule has 4 heterocycles. The molecule has 1 N–H and O–H groups in total. The predicted molar refractivity (Wildman–Crippen MR) is 164 cm³/mol. The van der Waals surface area contributed by atoms with E-state index < -0.39 is 30.0 Å². The highest BCUT2D eigenvalue weighted by Gasteiger charge is 2.45. The molecule has 3 unspecified atom stereocenters. The predicted octanol–water partition coefficient (Wildman–Crippen LogP) is 5.30. The number of phenolic OH excluding ortho intramolecular Hbond substituents is 1. The first kappa shape index (κ1) is 30.8. The van der Waals surface area contributed by atoms with Gasteiger partial charge in [-0.05, 0) is 42.8 Å². The molecule has 2 aliphatic heterocycles. The monoisotopic (exact) mass is 631 g/mol. The summed E-state index contributed by atoms with van der Waals surface area (Å²) in [5.41, 5.74) is -0.279. The van der Waals surface area contributed by atoms with E-state index in [1.165, 1.54) is 44.5 Å². The van der Waals surface area contributed by atoms with Crippen molar-refractivity contribution in [3.8, 4) is 35.4 Å². The molecule has 2 aromatic carbocycles. The van der Waals surface area contributed by atoms with Gasteiger partial charge in [-0.15, -0.1) is 6.42 Å². The second-order valence-electron chi connectivity index (χ2n) is 11.3. The molecule has 11 nitrogen and oxygen atoms in total. The zero-order chi connectivity index (χ0) is 32.7. The molecule has 0 spiro atoms. The maximum absolute atomic E-state index is 16.4. The molecular weight excluding hydrogens is 600 g/mol. The smallest absolute Gasteiger partial charge is 0.413 e. The zero-order valence-corrected chi connectivity index (χ0v) is 25.4. The van der Waals surface area contributed by atoms with Crippen molar-refractivity contribution in [3.05, 3.63) is 47.7 Å². The van der Waals surface area contributed by atoms with Crippen LogP contribution in [0, 0.1) is 24.0 Å². The number of anilines is 1. The number of pyridine rings is 1. The average molecular weight is 632 g/mol. The number of phenols is 1. The molecule has 6 rings (SSSR count). The number of esters is 1. The van der Waals surface area contributed by atoms with Gasteiger partial charge in [0.2, 0.25) is 6.29 Å². The Balaban J connectivity index is 1.35. The summed E-state index contributed by atoms with van der Waals surface area (Å²) in [6, 6.07) is 4.74. The molecule has 2 aliphatic rings. The summed E-state index contributed by atoms with van der Waals surface area (Å²) >= 11 is 0. The number of amides is 1. The fourth-order valence-electron chi connectivity index (χ4n) is 6.34. The van der Waals surface area contributed by atoms with E-state index >= 15 is 4.39 Å². The molecule has 4 aromatic rings. The number of hydrogen-bond donors (Lipinski definition) is 1. The zero-order valence-electron chi connectivity index (χ0n) is 25.4. The van der Waals surface area contributed by atoms with Crippen LogP contribution in [0.2, 0.25) is 0 Å². The molecule has 2 bridgehead atoms. The molecule has 238 valence electrons. The summed E-state index contributed by atoms with van der Waals surface area (Å²) in [6.07, 6.45) is 7.69. The van der Waals surface area contributed by atoms with Crippen LogP contribution in [-0.4, -0.2) is 75.6 Å². The van der Waals surface area contributed by atoms with Crippen molar-refractivity contribution in [2.75, 3.05) is 25.1 Å². The van der Waals surface area contributed by atoms with E-state index in [2.05, 4.69) is 20.9 Å². The molecule has 46 heavy (non-hydrogen) atoms. The Morgan fingerprint density at radius 1 is 1.15 bits per heavy atom. The second-order valence-corrected chi connectivity index (χ2v) is 11.3. The van der Waals surface area contributed by atoms with Crippen molar-refractivity contribution in [1.29, 1.82) is 0 Å². The summed E-state index contributed by atoms with van der Waals surface area (Å²) in [6.45, 7) is 4.07. The van der Waals surface area contributed by atoms with Crippen molar-refractivity contribution in [2.24, 2.45) is 0 Å². The van der Waals surface area contributed by atoms with Crippen LogP contribution < -0.4 is 9.64 Å². The maximum atomic E-state index is 16.4. The largest absolute Gasteiger partial charge is 0.508 e. The SMILES string of the molecule is C#Cc1c(F)ccc2cc(O)cc(-c3ncc4c(N5CC6CCC(C5)N6C(=O)OC(C)OC(=O)CCC)nc(OC)nc4c3F)c12. The average Bonchev–Trinajstić information content (AvgIpc) is 3.30. The highest BCUT2D eigenvalue weighted by Crippen LogP contribution is 2.40. The quantitative estimate of drug-likeness (QED) is 0.163. The molecule has 2 saturated heterocycles. The van der Waals surface area contributed by atoms with Crippen LogP contribution >= 0.6 is 0 Å². The van der Waals surface area contributed by atoms with Gasteiger partial charge in [0, 0.05) is 43.6 Å². The van der Waals surface area contributed by atoms with Gasteiger partial charge in [-0.25, -0.2) is 13.6 Å². The van der Waals surface area contributed by atoms with Gasteiger partial charge in [0.05, 0.1) is 30.1 Å². The Kier molecular flexibility index (Phi) is 8.20. The van der Waals surface area contributed by atoms with Crippen LogP contribution in [0.3, 0.4) is 0 Å². The number of hydrogen-bond acceptors (Lipinski definition) is 10. The third-order valence-corrected chi connectivity index (χ3v) is 8.29. The van der Waals surface area contributed by atoms with Crippen molar-refractivity contribution >= 4 is 39.6 Å². The lowest BCUT2D eigenvalue weighted by molar-refractivity contribution is -0.166. The van der Waals surface area contributed by atoms with Crippen molar-refractivity contribution < 1.29 is 37.7 Å². The first-order valence-corrected chi connectivity index (χ1v) is 14.9. The van der Waals surface area contributed by atoms with Crippen molar-refractivity contribution in [1.82, 2.24) is 19.9 Å². The van der Waals surface area contributed by atoms with Crippen molar-refractivity contribution in [3.63, 3.8) is 0 Å². The first-order valence-electron chi connectivity index (χ1n) is 14.9. The number of carbonyl (C=O) groups is 2. The molecule has 2 aromatic heterocycles. The van der Waals surface area contributed by atoms with Gasteiger partial charge < -0.3 is 24.2 Å². The number of halogens is 2. The van der Waals surface area contributed by atoms with E-state index in [1.54, 1.807) is 4.90 Å². The number of aromatic hydroxyl groups is 1. The molecule has 0 radical (unpaired) electrons. The minimum absolute atomic E-state index is 0.0878. The summed E-state index contributed by atoms with van der Waals surface area (Å²) < 4.78 is 47.1. The van der Waals surface area contributed by atoms with Crippen molar-refractivity contribution in [2.45, 2.75) is 57.9 Å². The number of aromatic nitrogens is 3. The fraction of sp³-hybridized carbons (Fsp3) is 0.364. The summed E-state index contributed by atoms with van der Waals surface area (Å²) in [7, 11) is 1.36. The first-order chi connectivity index (χ1) is 22.1. The lowest BCUT2D eigenvalue weighted by Gasteiger charge is -2.41. The Hall–Kier alpha value is -5.25. The Morgan fingerprint density at radius 3 is 2.57 bits per heavy atom. The number of piperazine rings is 1. The normalized spacial score (nSPS) is 18.0. The van der Waals surface area contributed by atoms with Crippen LogP contribution in [0.15, 0.2) is 30.5 Å². The van der Waals surface area contributed by atoms with Crippen LogP contribution in [0.25, 0.3) is 32.9 Å². The fourth-order valence-corrected chi connectivity index (χ4v) is 6.34. The number of fused-ring (bicyclic) bond motifs is 4. The van der Waals surface area contributed by atoms with Gasteiger partial charge in [-0.2, -0.15) is 9.97 Å². The minimum atomic E-state index is -1.03. The third kappa shape index (κ3) is 5.44. The molecule has 2 fully saturated rings. The topological polar surface area (TPSA) is 127 Å². The molecule has 1 amide bonds. The highest BCUT2D eigenvalue weighted by molar-refractivity contribution is 6.03. The number of benzene rings is 2. The van der Waals surface area contributed by atoms with Gasteiger partial charge in [0.15, 0.2) is 5.82 Å². The van der Waals surface area contributed by atoms with E-state index in [-0.39, 0.29) is 58.0 Å². The molecule has 0 saturated carbocycles. The maximum Gasteiger partial charge on any atom is 0.413 e. The molecular formula is C33H31F2N5O6. The number of nitrogens with zero attached hydrogens (tertiary/aromatic N) is 5. The van der Waals surface area contributed by atoms with E-state index in [0.29, 0.717) is 48.9 Å². The van der Waals surface area contributed by atoms with E-state index in [1.807, 2.05) is 11.8 Å². The molecule has 3 atom stereocenters. The molecule has 0 aliphatic carbocycles. The molecule has 13 heteroatoms. The van der Waals surface area contributed by atoms with Crippen LogP contribution in [-0.2, 0) is 14.3 Å². The number of carbonyl (C=O) groups excluding carboxylic acids is 2. The van der Waals surface area contributed by atoms with E-state index in [9.17, 15) is 19.1 Å². The number of ether oxygens (including phenoxy) is 3. The minimum Gasteiger partial charge on any atom is -0.508 e. The second kappa shape index (κ2) is 12.3.